The second-order valence-corrected chi connectivity index (χ2v) is 5.26. The number of halogens is 1. The number of hydrogen-bond donors (Lipinski definition) is 1. The first-order valence-electron chi connectivity index (χ1n) is 6.49. The van der Waals surface area contributed by atoms with Crippen molar-refractivity contribution >= 4 is 17.4 Å². The first-order valence-corrected chi connectivity index (χ1v) is 6.87. The van der Waals surface area contributed by atoms with Gasteiger partial charge in [-0.2, -0.15) is 0 Å². The van der Waals surface area contributed by atoms with Gasteiger partial charge >= 0.3 is 0 Å². The van der Waals surface area contributed by atoms with Crippen molar-refractivity contribution in [3.05, 3.63) is 35.1 Å². The van der Waals surface area contributed by atoms with Crippen LogP contribution in [0.5, 0.6) is 0 Å². The van der Waals surface area contributed by atoms with Gasteiger partial charge in [0.2, 0.25) is 0 Å². The molecule has 4 nitrogen and oxygen atoms in total. The molecular weight excluding hydrogens is 260 g/mol. The molecule has 0 unspecified atom stereocenters. The molecule has 98 valence electrons. The van der Waals surface area contributed by atoms with Crippen LogP contribution < -0.4 is 5.73 Å². The topological polar surface area (TPSA) is 64.7 Å². The fourth-order valence-electron chi connectivity index (χ4n) is 2.57. The fourth-order valence-corrected chi connectivity index (χ4v) is 2.78. The van der Waals surface area contributed by atoms with Gasteiger partial charge in [-0.1, -0.05) is 24.4 Å². The Kier molecular flexibility index (Phi) is 3.34. The predicted molar refractivity (Wildman–Crippen MR) is 75.9 cm³/mol. The standard InChI is InChI=1S/C14H15ClN4/c15-10-6-3-7-17-13(10)14-18-11(8-12(16)19-14)9-4-1-2-5-9/h3,6-9H,1-2,4-5H2,(H2,16,18,19). The largest absolute Gasteiger partial charge is 0.384 e. The van der Waals surface area contributed by atoms with Gasteiger partial charge in [0.25, 0.3) is 0 Å². The van der Waals surface area contributed by atoms with Crippen LogP contribution >= 0.6 is 11.6 Å². The van der Waals surface area contributed by atoms with Crippen LogP contribution in [0.15, 0.2) is 24.4 Å². The summed E-state index contributed by atoms with van der Waals surface area (Å²) in [5, 5.41) is 0.547. The van der Waals surface area contributed by atoms with E-state index in [1.54, 1.807) is 18.3 Å². The van der Waals surface area contributed by atoms with Crippen molar-refractivity contribution in [2.75, 3.05) is 5.73 Å². The lowest BCUT2D eigenvalue weighted by molar-refractivity contribution is 0.696. The number of hydrogen-bond acceptors (Lipinski definition) is 4. The molecule has 0 aliphatic heterocycles. The molecule has 19 heavy (non-hydrogen) atoms. The maximum Gasteiger partial charge on any atom is 0.181 e. The lowest BCUT2D eigenvalue weighted by atomic mass is 10.0. The van der Waals surface area contributed by atoms with E-state index < -0.39 is 0 Å². The van der Waals surface area contributed by atoms with E-state index in [1.807, 2.05) is 6.07 Å². The highest BCUT2D eigenvalue weighted by Gasteiger charge is 2.20. The normalized spacial score (nSPS) is 15.8. The number of rotatable bonds is 2. The van der Waals surface area contributed by atoms with Crippen molar-refractivity contribution in [1.82, 2.24) is 15.0 Å². The highest BCUT2D eigenvalue weighted by atomic mass is 35.5. The van der Waals surface area contributed by atoms with Crippen molar-refractivity contribution in [1.29, 1.82) is 0 Å². The van der Waals surface area contributed by atoms with E-state index in [-0.39, 0.29) is 0 Å². The molecule has 1 aliphatic rings. The second-order valence-electron chi connectivity index (χ2n) is 4.86. The molecule has 1 aliphatic carbocycles. The molecule has 3 rings (SSSR count). The van der Waals surface area contributed by atoms with E-state index in [0.717, 1.165) is 5.69 Å². The van der Waals surface area contributed by atoms with Gasteiger partial charge in [-0.3, -0.25) is 4.98 Å². The molecule has 0 aromatic carbocycles. The first kappa shape index (κ1) is 12.4. The summed E-state index contributed by atoms with van der Waals surface area (Å²) in [6, 6.07) is 5.44. The van der Waals surface area contributed by atoms with Gasteiger partial charge in [0, 0.05) is 23.9 Å². The summed E-state index contributed by atoms with van der Waals surface area (Å²) in [5.74, 6) is 1.49. The molecule has 5 heteroatoms. The molecule has 0 amide bonds. The Morgan fingerprint density at radius 2 is 2.00 bits per heavy atom. The number of anilines is 1. The average molecular weight is 275 g/mol. The lowest BCUT2D eigenvalue weighted by Crippen LogP contribution is -2.04. The SMILES string of the molecule is Nc1cc(C2CCCC2)nc(-c2ncccc2Cl)n1. The number of nitrogens with zero attached hydrogens (tertiary/aromatic N) is 3. The summed E-state index contributed by atoms with van der Waals surface area (Å²) >= 11 is 6.14. The third-order valence-corrected chi connectivity index (χ3v) is 3.81. The highest BCUT2D eigenvalue weighted by Crippen LogP contribution is 2.34. The highest BCUT2D eigenvalue weighted by molar-refractivity contribution is 6.32. The summed E-state index contributed by atoms with van der Waals surface area (Å²) < 4.78 is 0. The Bertz CT molecular complexity index is 594. The minimum Gasteiger partial charge on any atom is -0.384 e. The monoisotopic (exact) mass is 274 g/mol. The first-order chi connectivity index (χ1) is 9.24. The minimum atomic E-state index is 0.480. The fraction of sp³-hybridized carbons (Fsp3) is 0.357. The van der Waals surface area contributed by atoms with Crippen molar-refractivity contribution in [2.24, 2.45) is 0 Å². The molecule has 1 saturated carbocycles. The quantitative estimate of drug-likeness (QED) is 0.911. The zero-order valence-corrected chi connectivity index (χ0v) is 11.3. The van der Waals surface area contributed by atoms with Crippen LogP contribution in [0, 0.1) is 0 Å². The van der Waals surface area contributed by atoms with Gasteiger partial charge in [-0.15, -0.1) is 0 Å². The Balaban J connectivity index is 2.04. The number of aromatic nitrogens is 3. The molecule has 0 atom stereocenters. The molecule has 2 N–H and O–H groups in total. The lowest BCUT2D eigenvalue weighted by Gasteiger charge is -2.11. The molecule has 0 bridgehead atoms. The van der Waals surface area contributed by atoms with Gasteiger partial charge in [0.05, 0.1) is 5.02 Å². The molecule has 2 aromatic heterocycles. The smallest absolute Gasteiger partial charge is 0.181 e. The van der Waals surface area contributed by atoms with Gasteiger partial charge in [0.15, 0.2) is 5.82 Å². The summed E-state index contributed by atoms with van der Waals surface area (Å²) in [5.41, 5.74) is 7.50. The van der Waals surface area contributed by atoms with Crippen LogP contribution in [-0.2, 0) is 0 Å². The van der Waals surface area contributed by atoms with Crippen LogP contribution in [0.25, 0.3) is 11.5 Å². The molecule has 2 aromatic rings. The molecule has 0 spiro atoms. The third-order valence-electron chi connectivity index (χ3n) is 3.51. The Morgan fingerprint density at radius 3 is 2.74 bits per heavy atom. The zero-order valence-electron chi connectivity index (χ0n) is 10.5. The van der Waals surface area contributed by atoms with Crippen LogP contribution in [0.4, 0.5) is 5.82 Å². The van der Waals surface area contributed by atoms with Gasteiger partial charge in [-0.05, 0) is 25.0 Å². The molecule has 0 radical (unpaired) electrons. The summed E-state index contributed by atoms with van der Waals surface area (Å²) in [6.07, 6.45) is 6.54. The van der Waals surface area contributed by atoms with Crippen molar-refractivity contribution in [2.45, 2.75) is 31.6 Å². The Hall–Kier alpha value is -1.68. The van der Waals surface area contributed by atoms with E-state index in [9.17, 15) is 0 Å². The average Bonchev–Trinajstić information content (AvgIpc) is 2.92. The molecule has 2 heterocycles. The van der Waals surface area contributed by atoms with E-state index in [4.69, 9.17) is 17.3 Å². The minimum absolute atomic E-state index is 0.480. The zero-order chi connectivity index (χ0) is 13.2. The summed E-state index contributed by atoms with van der Waals surface area (Å²) in [7, 11) is 0. The van der Waals surface area contributed by atoms with Crippen LogP contribution in [-0.4, -0.2) is 15.0 Å². The molecular formula is C14H15ClN4. The van der Waals surface area contributed by atoms with E-state index >= 15 is 0 Å². The number of pyridine rings is 1. The van der Waals surface area contributed by atoms with Gasteiger partial charge in [0.1, 0.15) is 11.5 Å². The Morgan fingerprint density at radius 1 is 1.21 bits per heavy atom. The summed E-state index contributed by atoms with van der Waals surface area (Å²) in [4.78, 5) is 13.1. The van der Waals surface area contributed by atoms with Crippen LogP contribution in [0.1, 0.15) is 37.3 Å². The van der Waals surface area contributed by atoms with Crippen molar-refractivity contribution in [3.8, 4) is 11.5 Å². The maximum absolute atomic E-state index is 6.14. The van der Waals surface area contributed by atoms with E-state index in [2.05, 4.69) is 15.0 Å². The number of nitrogen functional groups attached to an aromatic ring is 1. The van der Waals surface area contributed by atoms with E-state index in [1.165, 1.54) is 25.7 Å². The molecule has 0 saturated heterocycles. The van der Waals surface area contributed by atoms with Crippen molar-refractivity contribution < 1.29 is 0 Å². The Labute approximate surface area is 117 Å². The van der Waals surface area contributed by atoms with Crippen LogP contribution in [0.2, 0.25) is 5.02 Å². The van der Waals surface area contributed by atoms with E-state index in [0.29, 0.717) is 28.3 Å². The maximum atomic E-state index is 6.14. The van der Waals surface area contributed by atoms with Crippen molar-refractivity contribution in [3.63, 3.8) is 0 Å². The summed E-state index contributed by atoms with van der Waals surface area (Å²) in [6.45, 7) is 0. The van der Waals surface area contributed by atoms with Crippen LogP contribution in [0.3, 0.4) is 0 Å². The third kappa shape index (κ3) is 2.54. The van der Waals surface area contributed by atoms with Gasteiger partial charge in [-0.25, -0.2) is 9.97 Å². The predicted octanol–water partition coefficient (Wildman–Crippen LogP) is 3.43. The second kappa shape index (κ2) is 5.13. The number of nitrogens with two attached hydrogens (primary N) is 1. The molecule has 1 fully saturated rings. The van der Waals surface area contributed by atoms with Gasteiger partial charge < -0.3 is 5.73 Å².